The number of fused-ring (bicyclic) bond motifs is 2. The second-order valence-corrected chi connectivity index (χ2v) is 5.76. The summed E-state index contributed by atoms with van der Waals surface area (Å²) in [5, 5.41) is 0. The van der Waals surface area contributed by atoms with Crippen LogP contribution in [-0.4, -0.2) is 55.2 Å². The molecule has 2 bridgehead atoms. The molecule has 134 valence electrons. The highest BCUT2D eigenvalue weighted by Crippen LogP contribution is 2.34. The van der Waals surface area contributed by atoms with E-state index in [4.69, 9.17) is 23.7 Å². The van der Waals surface area contributed by atoms with Crippen molar-refractivity contribution in [3.05, 3.63) is 35.9 Å². The molecule has 2 aliphatic heterocycles. The highest BCUT2D eigenvalue weighted by molar-refractivity contribution is 5.89. The van der Waals surface area contributed by atoms with E-state index < -0.39 is 48.6 Å². The van der Waals surface area contributed by atoms with Crippen LogP contribution in [0, 0.1) is 0 Å². The van der Waals surface area contributed by atoms with Crippen LogP contribution in [0.1, 0.15) is 24.2 Å². The van der Waals surface area contributed by atoms with Crippen LogP contribution < -0.4 is 0 Å². The van der Waals surface area contributed by atoms with E-state index in [0.717, 1.165) is 0 Å². The molecule has 25 heavy (non-hydrogen) atoms. The van der Waals surface area contributed by atoms with Gasteiger partial charge in [0.1, 0.15) is 6.10 Å². The summed E-state index contributed by atoms with van der Waals surface area (Å²) < 4.78 is 27.0. The molecule has 2 heterocycles. The first kappa shape index (κ1) is 17.4. The maximum atomic E-state index is 12.4. The fourth-order valence-electron chi connectivity index (χ4n) is 2.89. The summed E-state index contributed by atoms with van der Waals surface area (Å²) in [5.74, 6) is -1.78. The van der Waals surface area contributed by atoms with Crippen LogP contribution in [0.5, 0.6) is 0 Å². The van der Waals surface area contributed by atoms with E-state index in [-0.39, 0.29) is 6.61 Å². The van der Waals surface area contributed by atoms with Crippen molar-refractivity contribution >= 4 is 17.9 Å². The van der Waals surface area contributed by atoms with Gasteiger partial charge in [-0.1, -0.05) is 18.2 Å². The van der Waals surface area contributed by atoms with Crippen LogP contribution in [0.25, 0.3) is 0 Å². The predicted molar refractivity (Wildman–Crippen MR) is 81.4 cm³/mol. The third kappa shape index (κ3) is 3.80. The summed E-state index contributed by atoms with van der Waals surface area (Å²) in [7, 11) is 0. The predicted octanol–water partition coefficient (Wildman–Crippen LogP) is 0.830. The highest BCUT2D eigenvalue weighted by Gasteiger charge is 2.56. The summed E-state index contributed by atoms with van der Waals surface area (Å²) in [6.45, 7) is 2.57. The first-order chi connectivity index (χ1) is 12.0. The monoisotopic (exact) mass is 350 g/mol. The van der Waals surface area contributed by atoms with Gasteiger partial charge in [-0.3, -0.25) is 9.59 Å². The van der Waals surface area contributed by atoms with Gasteiger partial charge in [-0.25, -0.2) is 4.79 Å². The molecule has 0 amide bonds. The van der Waals surface area contributed by atoms with E-state index in [1.54, 1.807) is 30.3 Å². The van der Waals surface area contributed by atoms with Crippen molar-refractivity contribution in [1.82, 2.24) is 0 Å². The Bertz CT molecular complexity index is 658. The van der Waals surface area contributed by atoms with E-state index in [0.29, 0.717) is 5.56 Å². The number of hydrogen-bond acceptors (Lipinski definition) is 8. The molecule has 0 spiro atoms. The third-order valence-corrected chi connectivity index (χ3v) is 3.87. The smallest absolute Gasteiger partial charge is 0.338 e. The number of rotatable bonds is 4. The lowest BCUT2D eigenvalue weighted by molar-refractivity contribution is -0.245. The minimum Gasteiger partial charge on any atom is -0.454 e. The second-order valence-electron chi connectivity index (χ2n) is 5.76. The number of carbonyl (C=O) groups excluding carboxylic acids is 3. The van der Waals surface area contributed by atoms with Crippen molar-refractivity contribution in [1.29, 1.82) is 0 Å². The Morgan fingerprint density at radius 3 is 2.20 bits per heavy atom. The van der Waals surface area contributed by atoms with Gasteiger partial charge in [0.25, 0.3) is 0 Å². The molecule has 0 N–H and O–H groups in total. The van der Waals surface area contributed by atoms with Gasteiger partial charge in [0.15, 0.2) is 24.6 Å². The van der Waals surface area contributed by atoms with Gasteiger partial charge in [-0.2, -0.15) is 0 Å². The lowest BCUT2D eigenvalue weighted by atomic mass is 10.00. The summed E-state index contributed by atoms with van der Waals surface area (Å²) in [6.07, 6.45) is -4.48. The maximum absolute atomic E-state index is 12.4. The SMILES string of the molecule is CC(=O)O[C@@H]1[C@@H](OC(C)=O)[C@@H]2OC[C@@H](O2)[C@H]1OC(=O)c1ccccc1. The highest BCUT2D eigenvalue weighted by atomic mass is 16.8. The molecule has 2 fully saturated rings. The number of esters is 3. The standard InChI is InChI=1S/C17H18O8/c1-9(18)22-14-13(25-16(20)11-6-4-3-5-7-11)12-8-21-17(24-12)15(14)23-10(2)19/h3-7,12-15,17H,8H2,1-2H3/t12-,13-,14+,15-,17-/m1/s1. The first-order valence-corrected chi connectivity index (χ1v) is 7.83. The molecule has 0 aliphatic carbocycles. The number of benzene rings is 1. The van der Waals surface area contributed by atoms with E-state index >= 15 is 0 Å². The number of ether oxygens (including phenoxy) is 5. The second kappa shape index (κ2) is 7.20. The van der Waals surface area contributed by atoms with Crippen molar-refractivity contribution in [3.8, 4) is 0 Å². The minimum atomic E-state index is -1.02. The van der Waals surface area contributed by atoms with Gasteiger partial charge >= 0.3 is 17.9 Å². The summed E-state index contributed by atoms with van der Waals surface area (Å²) >= 11 is 0. The molecule has 8 nitrogen and oxygen atoms in total. The van der Waals surface area contributed by atoms with Crippen molar-refractivity contribution in [2.75, 3.05) is 6.61 Å². The van der Waals surface area contributed by atoms with Gasteiger partial charge in [0, 0.05) is 13.8 Å². The average molecular weight is 350 g/mol. The van der Waals surface area contributed by atoms with E-state index in [9.17, 15) is 14.4 Å². The van der Waals surface area contributed by atoms with Gasteiger partial charge in [-0.05, 0) is 12.1 Å². The molecule has 0 aromatic heterocycles. The first-order valence-electron chi connectivity index (χ1n) is 7.83. The fourth-order valence-corrected chi connectivity index (χ4v) is 2.89. The van der Waals surface area contributed by atoms with Gasteiger partial charge in [0.2, 0.25) is 0 Å². The van der Waals surface area contributed by atoms with Crippen LogP contribution >= 0.6 is 0 Å². The maximum Gasteiger partial charge on any atom is 0.338 e. The molecule has 5 atom stereocenters. The zero-order valence-corrected chi connectivity index (χ0v) is 13.7. The fraction of sp³-hybridized carbons (Fsp3) is 0.471. The molecule has 1 aromatic rings. The molecule has 2 aliphatic rings. The van der Waals surface area contributed by atoms with Crippen LogP contribution in [0.4, 0.5) is 0 Å². The van der Waals surface area contributed by atoms with Gasteiger partial charge in [-0.15, -0.1) is 0 Å². The third-order valence-electron chi connectivity index (χ3n) is 3.87. The Morgan fingerprint density at radius 1 is 0.920 bits per heavy atom. The zero-order chi connectivity index (χ0) is 18.0. The Kier molecular flexibility index (Phi) is 5.00. The summed E-state index contributed by atoms with van der Waals surface area (Å²) in [4.78, 5) is 35.3. The van der Waals surface area contributed by atoms with Crippen LogP contribution in [0.15, 0.2) is 30.3 Å². The van der Waals surface area contributed by atoms with Crippen LogP contribution in [0.2, 0.25) is 0 Å². The number of hydrogen-bond donors (Lipinski definition) is 0. The van der Waals surface area contributed by atoms with Crippen molar-refractivity contribution in [3.63, 3.8) is 0 Å². The van der Waals surface area contributed by atoms with E-state index in [1.807, 2.05) is 0 Å². The molecule has 0 saturated carbocycles. The zero-order valence-electron chi connectivity index (χ0n) is 13.7. The molecular formula is C17H18O8. The largest absolute Gasteiger partial charge is 0.454 e. The Balaban J connectivity index is 1.84. The number of carbonyl (C=O) groups is 3. The van der Waals surface area contributed by atoms with E-state index in [1.165, 1.54) is 13.8 Å². The Labute approximate surface area is 143 Å². The van der Waals surface area contributed by atoms with E-state index in [2.05, 4.69) is 0 Å². The average Bonchev–Trinajstić information content (AvgIpc) is 3.01. The molecule has 0 unspecified atom stereocenters. The normalized spacial score (nSPS) is 30.4. The van der Waals surface area contributed by atoms with Crippen molar-refractivity contribution < 1.29 is 38.1 Å². The van der Waals surface area contributed by atoms with Crippen LogP contribution in [0.3, 0.4) is 0 Å². The molecule has 3 rings (SSSR count). The molecule has 2 saturated heterocycles. The summed E-state index contributed by atoms with van der Waals surface area (Å²) in [5.41, 5.74) is 0.342. The van der Waals surface area contributed by atoms with Gasteiger partial charge in [0.05, 0.1) is 12.2 Å². The lowest BCUT2D eigenvalue weighted by Gasteiger charge is -2.38. The minimum absolute atomic E-state index is 0.132. The Morgan fingerprint density at radius 2 is 1.56 bits per heavy atom. The quantitative estimate of drug-likeness (QED) is 0.582. The van der Waals surface area contributed by atoms with Crippen LogP contribution in [-0.2, 0) is 33.3 Å². The van der Waals surface area contributed by atoms with Crippen molar-refractivity contribution in [2.24, 2.45) is 0 Å². The molecule has 1 aromatic carbocycles. The molecule has 0 radical (unpaired) electrons. The molecular weight excluding hydrogens is 332 g/mol. The topological polar surface area (TPSA) is 97.4 Å². The van der Waals surface area contributed by atoms with Crippen molar-refractivity contribution in [2.45, 2.75) is 44.6 Å². The molecule has 8 heteroatoms. The Hall–Kier alpha value is -2.45. The lowest BCUT2D eigenvalue weighted by Crippen LogP contribution is -2.58. The summed E-state index contributed by atoms with van der Waals surface area (Å²) in [6, 6.07) is 8.38. The van der Waals surface area contributed by atoms with Gasteiger partial charge < -0.3 is 23.7 Å².